The molecule has 2 aromatic rings. The van der Waals surface area contributed by atoms with Crippen LogP contribution in [0.3, 0.4) is 0 Å². The van der Waals surface area contributed by atoms with Gasteiger partial charge in [0.1, 0.15) is 0 Å². The van der Waals surface area contributed by atoms with Crippen LogP contribution in [-0.2, 0) is 0 Å². The molecule has 1 heterocycles. The Morgan fingerprint density at radius 2 is 1.93 bits per heavy atom. The quantitative estimate of drug-likeness (QED) is 0.767. The molecule has 2 rings (SSSR count). The van der Waals surface area contributed by atoms with Crippen LogP contribution in [0.5, 0.6) is 0 Å². The van der Waals surface area contributed by atoms with Crippen molar-refractivity contribution in [3.8, 4) is 11.3 Å². The minimum absolute atomic E-state index is 0.312. The molecule has 2 N–H and O–H groups in total. The number of nitrogens with zero attached hydrogens (tertiary/aromatic N) is 2. The summed E-state index contributed by atoms with van der Waals surface area (Å²) in [5.74, 6) is 0.312. The molecule has 0 aliphatic rings. The summed E-state index contributed by atoms with van der Waals surface area (Å²) in [6.07, 6.45) is 1.68. The van der Waals surface area contributed by atoms with Crippen LogP contribution in [0.4, 0.5) is 5.95 Å². The van der Waals surface area contributed by atoms with E-state index in [0.717, 1.165) is 11.3 Å². The van der Waals surface area contributed by atoms with Crippen LogP contribution >= 0.6 is 0 Å². The van der Waals surface area contributed by atoms with Gasteiger partial charge in [0.05, 0.1) is 5.69 Å². The fourth-order valence-electron chi connectivity index (χ4n) is 1.62. The summed E-state index contributed by atoms with van der Waals surface area (Å²) in [6, 6.07) is 8.13. The molecule has 0 aliphatic heterocycles. The maximum Gasteiger partial charge on any atom is 0.220 e. The molecule has 0 bridgehead atoms. The van der Waals surface area contributed by atoms with Crippen molar-refractivity contribution >= 4 is 5.95 Å². The average molecular weight is 199 g/mol. The molecule has 0 spiro atoms. The lowest BCUT2D eigenvalue weighted by atomic mass is 10.0. The van der Waals surface area contributed by atoms with Crippen molar-refractivity contribution in [2.75, 3.05) is 5.73 Å². The lowest BCUT2D eigenvalue weighted by Gasteiger charge is -2.06. The first kappa shape index (κ1) is 9.65. The van der Waals surface area contributed by atoms with Crippen LogP contribution in [0, 0.1) is 13.8 Å². The molecular weight excluding hydrogens is 186 g/mol. The second-order valence-corrected chi connectivity index (χ2v) is 3.62. The lowest BCUT2D eigenvalue weighted by molar-refractivity contribution is 1.18. The molecule has 0 amide bonds. The van der Waals surface area contributed by atoms with E-state index < -0.39 is 0 Å². The average Bonchev–Trinajstić information content (AvgIpc) is 2.17. The predicted molar refractivity (Wildman–Crippen MR) is 61.4 cm³/mol. The Hall–Kier alpha value is -1.90. The van der Waals surface area contributed by atoms with Crippen molar-refractivity contribution in [1.82, 2.24) is 9.97 Å². The standard InChI is InChI=1S/C12H13N3/c1-8-3-4-10(9(2)7-8)11-5-6-14-12(13)15-11/h3-7H,1-2H3,(H2,13,14,15). The van der Waals surface area contributed by atoms with Gasteiger partial charge in [0.25, 0.3) is 0 Å². The number of rotatable bonds is 1. The Morgan fingerprint density at radius 1 is 1.13 bits per heavy atom. The normalized spacial score (nSPS) is 10.3. The van der Waals surface area contributed by atoms with E-state index in [1.807, 2.05) is 6.07 Å². The summed E-state index contributed by atoms with van der Waals surface area (Å²) in [5.41, 5.74) is 9.99. The third-order valence-electron chi connectivity index (χ3n) is 2.33. The molecule has 0 aliphatic carbocycles. The highest BCUT2D eigenvalue weighted by molar-refractivity contribution is 5.64. The summed E-state index contributed by atoms with van der Waals surface area (Å²) in [5, 5.41) is 0. The number of aromatic nitrogens is 2. The molecule has 1 aromatic heterocycles. The van der Waals surface area contributed by atoms with Gasteiger partial charge in [-0.2, -0.15) is 0 Å². The summed E-state index contributed by atoms with van der Waals surface area (Å²) in [7, 11) is 0. The second-order valence-electron chi connectivity index (χ2n) is 3.62. The predicted octanol–water partition coefficient (Wildman–Crippen LogP) is 2.34. The number of benzene rings is 1. The number of nitrogen functional groups attached to an aromatic ring is 1. The monoisotopic (exact) mass is 199 g/mol. The zero-order chi connectivity index (χ0) is 10.8. The van der Waals surface area contributed by atoms with Gasteiger partial charge in [0.2, 0.25) is 5.95 Å². The molecule has 0 unspecified atom stereocenters. The smallest absolute Gasteiger partial charge is 0.220 e. The number of aryl methyl sites for hydroxylation is 2. The zero-order valence-corrected chi connectivity index (χ0v) is 8.86. The van der Waals surface area contributed by atoms with Gasteiger partial charge in [-0.15, -0.1) is 0 Å². The van der Waals surface area contributed by atoms with E-state index in [1.54, 1.807) is 6.20 Å². The van der Waals surface area contributed by atoms with Gasteiger partial charge in [-0.3, -0.25) is 0 Å². The van der Waals surface area contributed by atoms with Gasteiger partial charge in [-0.05, 0) is 25.5 Å². The van der Waals surface area contributed by atoms with Crippen LogP contribution in [0.1, 0.15) is 11.1 Å². The summed E-state index contributed by atoms with van der Waals surface area (Å²) < 4.78 is 0. The number of anilines is 1. The Balaban J connectivity index is 2.54. The van der Waals surface area contributed by atoms with Crippen LogP contribution in [-0.4, -0.2) is 9.97 Å². The Bertz CT molecular complexity index is 492. The highest BCUT2D eigenvalue weighted by Crippen LogP contribution is 2.22. The molecule has 0 radical (unpaired) electrons. The van der Waals surface area contributed by atoms with Crippen molar-refractivity contribution < 1.29 is 0 Å². The van der Waals surface area contributed by atoms with Crippen molar-refractivity contribution in [2.45, 2.75) is 13.8 Å². The van der Waals surface area contributed by atoms with Crippen LogP contribution in [0.15, 0.2) is 30.5 Å². The molecule has 3 nitrogen and oxygen atoms in total. The number of hydrogen-bond donors (Lipinski definition) is 1. The molecule has 76 valence electrons. The van der Waals surface area contributed by atoms with Crippen LogP contribution in [0.25, 0.3) is 11.3 Å². The van der Waals surface area contributed by atoms with E-state index >= 15 is 0 Å². The highest BCUT2D eigenvalue weighted by Gasteiger charge is 2.03. The van der Waals surface area contributed by atoms with Crippen LogP contribution < -0.4 is 5.73 Å². The third kappa shape index (κ3) is 1.96. The molecule has 0 atom stereocenters. The van der Waals surface area contributed by atoms with E-state index in [0.29, 0.717) is 5.95 Å². The molecule has 0 fully saturated rings. The molecular formula is C12H13N3. The van der Waals surface area contributed by atoms with Gasteiger partial charge < -0.3 is 5.73 Å². The first-order chi connectivity index (χ1) is 7.16. The molecule has 15 heavy (non-hydrogen) atoms. The zero-order valence-electron chi connectivity index (χ0n) is 8.86. The van der Waals surface area contributed by atoms with Crippen molar-refractivity contribution in [2.24, 2.45) is 0 Å². The van der Waals surface area contributed by atoms with E-state index in [9.17, 15) is 0 Å². The van der Waals surface area contributed by atoms with Crippen molar-refractivity contribution in [3.63, 3.8) is 0 Å². The Kier molecular flexibility index (Phi) is 2.37. The SMILES string of the molecule is Cc1ccc(-c2ccnc(N)n2)c(C)c1. The molecule has 0 saturated heterocycles. The third-order valence-corrected chi connectivity index (χ3v) is 2.33. The van der Waals surface area contributed by atoms with Gasteiger partial charge in [0, 0.05) is 11.8 Å². The maximum absolute atomic E-state index is 5.55. The minimum Gasteiger partial charge on any atom is -0.368 e. The van der Waals surface area contributed by atoms with E-state index in [1.165, 1.54) is 11.1 Å². The first-order valence-corrected chi connectivity index (χ1v) is 4.83. The van der Waals surface area contributed by atoms with E-state index in [2.05, 4.69) is 42.0 Å². The van der Waals surface area contributed by atoms with Crippen molar-refractivity contribution in [1.29, 1.82) is 0 Å². The fraction of sp³-hybridized carbons (Fsp3) is 0.167. The van der Waals surface area contributed by atoms with E-state index in [4.69, 9.17) is 5.73 Å². The highest BCUT2D eigenvalue weighted by atomic mass is 15.0. The van der Waals surface area contributed by atoms with Gasteiger partial charge in [-0.1, -0.05) is 23.8 Å². The lowest BCUT2D eigenvalue weighted by Crippen LogP contribution is -1.96. The molecule has 3 heteroatoms. The Morgan fingerprint density at radius 3 is 2.60 bits per heavy atom. The summed E-state index contributed by atoms with van der Waals surface area (Å²) in [6.45, 7) is 4.14. The topological polar surface area (TPSA) is 51.8 Å². The number of hydrogen-bond acceptors (Lipinski definition) is 3. The summed E-state index contributed by atoms with van der Waals surface area (Å²) >= 11 is 0. The van der Waals surface area contributed by atoms with Gasteiger partial charge in [-0.25, -0.2) is 9.97 Å². The molecule has 1 aromatic carbocycles. The van der Waals surface area contributed by atoms with Crippen molar-refractivity contribution in [3.05, 3.63) is 41.6 Å². The van der Waals surface area contributed by atoms with Gasteiger partial charge >= 0.3 is 0 Å². The maximum atomic E-state index is 5.55. The Labute approximate surface area is 89.0 Å². The molecule has 0 saturated carbocycles. The second kappa shape index (κ2) is 3.69. The summed E-state index contributed by atoms with van der Waals surface area (Å²) in [4.78, 5) is 8.08. The fourth-order valence-corrected chi connectivity index (χ4v) is 1.62. The van der Waals surface area contributed by atoms with E-state index in [-0.39, 0.29) is 0 Å². The number of nitrogens with two attached hydrogens (primary N) is 1. The van der Waals surface area contributed by atoms with Gasteiger partial charge in [0.15, 0.2) is 0 Å². The largest absolute Gasteiger partial charge is 0.368 e. The minimum atomic E-state index is 0.312. The van der Waals surface area contributed by atoms with Crippen LogP contribution in [0.2, 0.25) is 0 Å². The first-order valence-electron chi connectivity index (χ1n) is 4.83.